The molecule has 0 aromatic carbocycles. The highest BCUT2D eigenvalue weighted by Gasteiger charge is 2.14. The van der Waals surface area contributed by atoms with Crippen LogP contribution < -0.4 is 0 Å². The molecular formula is C14H22O4. The summed E-state index contributed by atoms with van der Waals surface area (Å²) in [7, 11) is 2.57. The Morgan fingerprint density at radius 2 is 1.72 bits per heavy atom. The molecule has 0 aliphatic carbocycles. The summed E-state index contributed by atoms with van der Waals surface area (Å²) in [4.78, 5) is 22.5. The Kier molecular flexibility index (Phi) is 12.0. The third-order valence-electron chi connectivity index (χ3n) is 1.89. The Balaban J connectivity index is 0. The summed E-state index contributed by atoms with van der Waals surface area (Å²) in [6, 6.07) is 0. The van der Waals surface area contributed by atoms with Gasteiger partial charge in [-0.15, -0.1) is 0 Å². The Hall–Kier alpha value is -1.84. The highest BCUT2D eigenvalue weighted by atomic mass is 16.5. The van der Waals surface area contributed by atoms with E-state index in [1.54, 1.807) is 19.1 Å². The van der Waals surface area contributed by atoms with Crippen molar-refractivity contribution >= 4 is 11.9 Å². The van der Waals surface area contributed by atoms with E-state index >= 15 is 0 Å². The zero-order chi connectivity index (χ0) is 14.6. The highest BCUT2D eigenvalue weighted by molar-refractivity contribution is 5.94. The Labute approximate surface area is 109 Å². The number of hydrogen-bond donors (Lipinski definition) is 0. The van der Waals surface area contributed by atoms with Crippen molar-refractivity contribution in [2.45, 2.75) is 27.2 Å². The van der Waals surface area contributed by atoms with Crippen LogP contribution in [0.2, 0.25) is 0 Å². The first-order chi connectivity index (χ1) is 8.60. The van der Waals surface area contributed by atoms with Crippen molar-refractivity contribution in [2.24, 2.45) is 0 Å². The van der Waals surface area contributed by atoms with Crippen molar-refractivity contribution in [3.05, 3.63) is 36.0 Å². The maximum Gasteiger partial charge on any atom is 0.338 e. The van der Waals surface area contributed by atoms with Crippen LogP contribution in [0.3, 0.4) is 0 Å². The van der Waals surface area contributed by atoms with Crippen LogP contribution in [0.5, 0.6) is 0 Å². The van der Waals surface area contributed by atoms with E-state index in [4.69, 9.17) is 0 Å². The fourth-order valence-electron chi connectivity index (χ4n) is 1.13. The van der Waals surface area contributed by atoms with Gasteiger partial charge in [0.15, 0.2) is 0 Å². The molecule has 0 bridgehead atoms. The Morgan fingerprint density at radius 3 is 2.06 bits per heavy atom. The van der Waals surface area contributed by atoms with E-state index in [2.05, 4.69) is 16.1 Å². The van der Waals surface area contributed by atoms with Crippen LogP contribution in [-0.2, 0) is 19.1 Å². The molecule has 4 heteroatoms. The number of rotatable bonds is 5. The zero-order valence-corrected chi connectivity index (χ0v) is 11.8. The summed E-state index contributed by atoms with van der Waals surface area (Å²) in [5.41, 5.74) is 0.794. The molecule has 0 spiro atoms. The summed E-state index contributed by atoms with van der Waals surface area (Å²) in [6.45, 7) is 9.31. The molecule has 102 valence electrons. The number of carbonyl (C=O) groups is 2. The Morgan fingerprint density at radius 1 is 1.17 bits per heavy atom. The predicted molar refractivity (Wildman–Crippen MR) is 72.0 cm³/mol. The average molecular weight is 254 g/mol. The minimum atomic E-state index is -0.521. The largest absolute Gasteiger partial charge is 0.469 e. The molecule has 0 fully saturated rings. The standard InChI is InChI=1S/C12H16O4.C2H6/c1-5-7-9(8-11(13)15-3)10(6-2)12(14)16-4;1-2/h5-7H,2,8H2,1,3-4H3;1-2H3/b7-5-,10-9-;. The van der Waals surface area contributed by atoms with Gasteiger partial charge in [-0.1, -0.05) is 38.7 Å². The molecule has 0 saturated heterocycles. The van der Waals surface area contributed by atoms with Crippen LogP contribution in [0, 0.1) is 0 Å². The number of allylic oxidation sites excluding steroid dienone is 2. The topological polar surface area (TPSA) is 52.6 Å². The predicted octanol–water partition coefficient (Wildman–Crippen LogP) is 2.81. The van der Waals surface area contributed by atoms with Gasteiger partial charge in [-0.25, -0.2) is 4.79 Å². The van der Waals surface area contributed by atoms with Gasteiger partial charge in [-0.2, -0.15) is 0 Å². The normalized spacial score (nSPS) is 10.9. The van der Waals surface area contributed by atoms with E-state index in [1.165, 1.54) is 20.3 Å². The van der Waals surface area contributed by atoms with E-state index in [0.717, 1.165) is 0 Å². The summed E-state index contributed by atoms with van der Waals surface area (Å²) < 4.78 is 9.13. The molecule has 4 nitrogen and oxygen atoms in total. The summed E-state index contributed by atoms with van der Waals surface area (Å²) in [5, 5.41) is 0. The van der Waals surface area contributed by atoms with Gasteiger partial charge in [0.05, 0.1) is 26.2 Å². The summed E-state index contributed by atoms with van der Waals surface area (Å²) in [6.07, 6.45) is 4.76. The second-order valence-electron chi connectivity index (χ2n) is 2.89. The summed E-state index contributed by atoms with van der Waals surface area (Å²) >= 11 is 0. The van der Waals surface area contributed by atoms with Crippen molar-refractivity contribution < 1.29 is 19.1 Å². The molecule has 0 rings (SSSR count). The van der Waals surface area contributed by atoms with Gasteiger partial charge in [-0.05, 0) is 12.5 Å². The van der Waals surface area contributed by atoms with Crippen LogP contribution in [0.15, 0.2) is 36.0 Å². The number of esters is 2. The van der Waals surface area contributed by atoms with Crippen LogP contribution in [0.4, 0.5) is 0 Å². The van der Waals surface area contributed by atoms with Gasteiger partial charge < -0.3 is 9.47 Å². The smallest absolute Gasteiger partial charge is 0.338 e. The molecule has 0 aliphatic heterocycles. The molecule has 0 N–H and O–H groups in total. The lowest BCUT2D eigenvalue weighted by molar-refractivity contribution is -0.139. The van der Waals surface area contributed by atoms with Crippen molar-refractivity contribution in [1.82, 2.24) is 0 Å². The molecular weight excluding hydrogens is 232 g/mol. The van der Waals surface area contributed by atoms with Gasteiger partial charge in [0, 0.05) is 0 Å². The minimum Gasteiger partial charge on any atom is -0.469 e. The monoisotopic (exact) mass is 254 g/mol. The maximum atomic E-state index is 11.4. The van der Waals surface area contributed by atoms with Gasteiger partial charge in [0.2, 0.25) is 0 Å². The third kappa shape index (κ3) is 6.68. The van der Waals surface area contributed by atoms with Crippen molar-refractivity contribution in [2.75, 3.05) is 14.2 Å². The van der Waals surface area contributed by atoms with Crippen molar-refractivity contribution in [1.29, 1.82) is 0 Å². The first kappa shape index (κ1) is 18.5. The fourth-order valence-corrected chi connectivity index (χ4v) is 1.13. The van der Waals surface area contributed by atoms with Gasteiger partial charge in [0.25, 0.3) is 0 Å². The lowest BCUT2D eigenvalue weighted by Crippen LogP contribution is -2.09. The lowest BCUT2D eigenvalue weighted by atomic mass is 10.0. The van der Waals surface area contributed by atoms with E-state index in [-0.39, 0.29) is 12.0 Å². The minimum absolute atomic E-state index is 0.0112. The Bertz CT molecular complexity index is 338. The van der Waals surface area contributed by atoms with Crippen molar-refractivity contribution in [3.8, 4) is 0 Å². The molecule has 0 atom stereocenters. The number of carbonyl (C=O) groups excluding carboxylic acids is 2. The van der Waals surface area contributed by atoms with Crippen LogP contribution in [0.25, 0.3) is 0 Å². The van der Waals surface area contributed by atoms with Gasteiger partial charge in [0.1, 0.15) is 0 Å². The fraction of sp³-hybridized carbons (Fsp3) is 0.429. The van der Waals surface area contributed by atoms with Gasteiger partial charge in [-0.3, -0.25) is 4.79 Å². The second kappa shape index (κ2) is 11.6. The molecule has 0 aromatic heterocycles. The average Bonchev–Trinajstić information content (AvgIpc) is 2.41. The zero-order valence-electron chi connectivity index (χ0n) is 11.8. The van der Waals surface area contributed by atoms with E-state index < -0.39 is 11.9 Å². The molecule has 0 saturated carbocycles. The van der Waals surface area contributed by atoms with Gasteiger partial charge >= 0.3 is 11.9 Å². The van der Waals surface area contributed by atoms with Crippen LogP contribution in [-0.4, -0.2) is 26.2 Å². The third-order valence-corrected chi connectivity index (χ3v) is 1.89. The summed E-state index contributed by atoms with van der Waals surface area (Å²) in [5.74, 6) is -0.941. The molecule has 0 heterocycles. The molecule has 0 aromatic rings. The number of methoxy groups -OCH3 is 2. The van der Waals surface area contributed by atoms with E-state index in [0.29, 0.717) is 5.57 Å². The molecule has 0 aliphatic rings. The van der Waals surface area contributed by atoms with Crippen LogP contribution >= 0.6 is 0 Å². The first-order valence-electron chi connectivity index (χ1n) is 5.74. The number of hydrogen-bond acceptors (Lipinski definition) is 4. The molecule has 0 amide bonds. The quantitative estimate of drug-likeness (QED) is 0.430. The maximum absolute atomic E-state index is 11.4. The van der Waals surface area contributed by atoms with Crippen molar-refractivity contribution in [3.63, 3.8) is 0 Å². The van der Waals surface area contributed by atoms with E-state index in [9.17, 15) is 9.59 Å². The lowest BCUT2D eigenvalue weighted by Gasteiger charge is -2.06. The number of ether oxygens (including phenoxy) is 2. The molecule has 0 radical (unpaired) electrons. The SMILES string of the molecule is C=C/C(C(=O)OC)=C(\C=C/C)CC(=O)OC.CC. The molecule has 0 unspecified atom stereocenters. The highest BCUT2D eigenvalue weighted by Crippen LogP contribution is 2.14. The van der Waals surface area contributed by atoms with Crippen LogP contribution in [0.1, 0.15) is 27.2 Å². The second-order valence-corrected chi connectivity index (χ2v) is 2.89. The molecule has 18 heavy (non-hydrogen) atoms. The van der Waals surface area contributed by atoms with E-state index in [1.807, 2.05) is 13.8 Å². The first-order valence-corrected chi connectivity index (χ1v) is 5.74.